The lowest BCUT2D eigenvalue weighted by Crippen LogP contribution is -2.05. The molecular formula is C29H23F2N3O6S. The highest BCUT2D eigenvalue weighted by molar-refractivity contribution is 7.91. The number of carbonyl (C=O) groups excluding carboxylic acids is 2. The lowest BCUT2D eigenvalue weighted by molar-refractivity contribution is -0.140. The van der Waals surface area contributed by atoms with Gasteiger partial charge in [0.2, 0.25) is 5.78 Å². The number of ether oxygens (including phenoxy) is 2. The Hall–Kier alpha value is -4.84. The molecule has 0 unspecified atom stereocenters. The highest BCUT2D eigenvalue weighted by Crippen LogP contribution is 2.38. The molecule has 9 nitrogen and oxygen atoms in total. The first-order chi connectivity index (χ1) is 19.5. The molecule has 210 valence electrons. The topological polar surface area (TPSA) is 131 Å². The Balaban J connectivity index is 1.44. The average Bonchev–Trinajstić information content (AvgIpc) is 3.62. The van der Waals surface area contributed by atoms with Crippen molar-refractivity contribution in [1.29, 1.82) is 0 Å². The number of aromatic amines is 2. The van der Waals surface area contributed by atoms with E-state index >= 15 is 4.39 Å². The minimum absolute atomic E-state index is 0.00282. The number of nitrogens with zero attached hydrogens (tertiary/aromatic N) is 1. The number of imidazole rings is 1. The van der Waals surface area contributed by atoms with Gasteiger partial charge in [-0.2, -0.15) is 0 Å². The molecule has 5 rings (SSSR count). The van der Waals surface area contributed by atoms with E-state index in [9.17, 15) is 22.4 Å². The van der Waals surface area contributed by atoms with Gasteiger partial charge in [-0.1, -0.05) is 18.2 Å². The molecule has 3 aromatic carbocycles. The minimum atomic E-state index is -3.93. The number of halogens is 2. The van der Waals surface area contributed by atoms with E-state index in [4.69, 9.17) is 4.74 Å². The van der Waals surface area contributed by atoms with E-state index in [0.29, 0.717) is 12.0 Å². The normalized spacial score (nSPS) is 11.5. The van der Waals surface area contributed by atoms with Crippen molar-refractivity contribution >= 4 is 32.5 Å². The van der Waals surface area contributed by atoms with Crippen molar-refractivity contribution < 1.29 is 36.3 Å². The molecule has 41 heavy (non-hydrogen) atoms. The maximum absolute atomic E-state index is 15.0. The quantitative estimate of drug-likeness (QED) is 0.177. The van der Waals surface area contributed by atoms with Crippen LogP contribution in [0.5, 0.6) is 11.5 Å². The fourth-order valence-corrected chi connectivity index (χ4v) is 5.45. The molecule has 0 aliphatic heterocycles. The predicted molar refractivity (Wildman–Crippen MR) is 146 cm³/mol. The summed E-state index contributed by atoms with van der Waals surface area (Å²) in [6.07, 6.45) is 4.22. The summed E-state index contributed by atoms with van der Waals surface area (Å²) in [7, 11) is -2.62. The number of esters is 1. The number of benzene rings is 3. The second-order valence-electron chi connectivity index (χ2n) is 9.22. The molecule has 0 aliphatic carbocycles. The highest BCUT2D eigenvalue weighted by Gasteiger charge is 2.25. The molecule has 0 aliphatic rings. The number of aryl methyl sites for hydroxylation is 1. The molecule has 0 bridgehead atoms. The van der Waals surface area contributed by atoms with Crippen LogP contribution in [0.15, 0.2) is 71.9 Å². The largest absolute Gasteiger partial charge is 0.469 e. The van der Waals surface area contributed by atoms with Crippen LogP contribution in [0.2, 0.25) is 0 Å². The smallest absolute Gasteiger partial charge is 0.305 e. The molecule has 12 heteroatoms. The standard InChI is InChI=1S/C29H23F2N3O6S/c1-39-25(35)9-6-16-4-3-5-17(12-16)26(36)24-15-33-29(34-24)20-13-18(7-8-21(20)30)40-27-22(31)14-23-19(10-11-32-23)28(27)41(2,37)38/h3-5,7-8,10-15,32H,6,9H2,1-2H3,(H,33,34). The summed E-state index contributed by atoms with van der Waals surface area (Å²) in [4.78, 5) is 33.9. The number of nitrogens with one attached hydrogen (secondary N) is 2. The summed E-state index contributed by atoms with van der Waals surface area (Å²) in [6, 6.07) is 12.8. The fraction of sp³-hybridized carbons (Fsp3) is 0.138. The molecule has 5 aromatic rings. The third-order valence-corrected chi connectivity index (χ3v) is 7.50. The van der Waals surface area contributed by atoms with Gasteiger partial charge in [-0.3, -0.25) is 9.59 Å². The number of sulfone groups is 1. The Morgan fingerprint density at radius 1 is 1.02 bits per heavy atom. The van der Waals surface area contributed by atoms with Gasteiger partial charge >= 0.3 is 5.97 Å². The van der Waals surface area contributed by atoms with Gasteiger partial charge in [-0.05, 0) is 42.3 Å². The zero-order valence-corrected chi connectivity index (χ0v) is 22.6. The van der Waals surface area contributed by atoms with E-state index in [1.807, 2.05) is 0 Å². The van der Waals surface area contributed by atoms with Crippen LogP contribution in [-0.4, -0.2) is 48.5 Å². The van der Waals surface area contributed by atoms with Crippen molar-refractivity contribution in [3.05, 3.63) is 95.4 Å². The van der Waals surface area contributed by atoms with Crippen molar-refractivity contribution in [3.8, 4) is 22.9 Å². The van der Waals surface area contributed by atoms with E-state index < -0.39 is 33.0 Å². The zero-order valence-electron chi connectivity index (χ0n) is 21.8. The number of carbonyl (C=O) groups is 2. The minimum Gasteiger partial charge on any atom is -0.469 e. The number of fused-ring (bicyclic) bond motifs is 1. The van der Waals surface area contributed by atoms with Crippen LogP contribution >= 0.6 is 0 Å². The second kappa shape index (κ2) is 11.0. The molecule has 2 N–H and O–H groups in total. The monoisotopic (exact) mass is 579 g/mol. The SMILES string of the molecule is COC(=O)CCc1cccc(C(=O)c2cnc(-c3cc(Oc4c(F)cc5[nH]ccc5c4S(C)(=O)=O)ccc3F)[nH]2)c1. The summed E-state index contributed by atoms with van der Waals surface area (Å²) in [5.74, 6) is -2.98. The molecule has 0 spiro atoms. The summed E-state index contributed by atoms with van der Waals surface area (Å²) in [6.45, 7) is 0. The van der Waals surface area contributed by atoms with Crippen LogP contribution in [0.3, 0.4) is 0 Å². The number of methoxy groups -OCH3 is 1. The summed E-state index contributed by atoms with van der Waals surface area (Å²) in [5.41, 5.74) is 1.37. The Bertz CT molecular complexity index is 1910. The maximum Gasteiger partial charge on any atom is 0.305 e. The van der Waals surface area contributed by atoms with Crippen molar-refractivity contribution in [2.75, 3.05) is 13.4 Å². The van der Waals surface area contributed by atoms with Gasteiger partial charge in [0.1, 0.15) is 28.0 Å². The van der Waals surface area contributed by atoms with Crippen molar-refractivity contribution in [2.24, 2.45) is 0 Å². The van der Waals surface area contributed by atoms with Gasteiger partial charge in [-0.15, -0.1) is 0 Å². The summed E-state index contributed by atoms with van der Waals surface area (Å²) in [5, 5.41) is 0.245. The van der Waals surface area contributed by atoms with E-state index in [-0.39, 0.29) is 51.0 Å². The number of H-pyrrole nitrogens is 2. The Labute approximate surface area is 233 Å². The van der Waals surface area contributed by atoms with Crippen LogP contribution in [0.1, 0.15) is 28.0 Å². The molecule has 0 radical (unpaired) electrons. The van der Waals surface area contributed by atoms with E-state index in [0.717, 1.165) is 24.0 Å². The number of hydrogen-bond acceptors (Lipinski definition) is 7. The van der Waals surface area contributed by atoms with Gasteiger partial charge in [0.05, 0.1) is 18.9 Å². The van der Waals surface area contributed by atoms with Crippen molar-refractivity contribution in [1.82, 2.24) is 15.0 Å². The molecular weight excluding hydrogens is 556 g/mol. The van der Waals surface area contributed by atoms with Crippen LogP contribution in [0.25, 0.3) is 22.3 Å². The van der Waals surface area contributed by atoms with Crippen LogP contribution in [0, 0.1) is 11.6 Å². The van der Waals surface area contributed by atoms with Gasteiger partial charge < -0.3 is 19.4 Å². The first-order valence-electron chi connectivity index (χ1n) is 12.3. The first kappa shape index (κ1) is 27.7. The average molecular weight is 580 g/mol. The second-order valence-corrected chi connectivity index (χ2v) is 11.2. The third-order valence-electron chi connectivity index (χ3n) is 6.36. The number of rotatable bonds is 9. The highest BCUT2D eigenvalue weighted by atomic mass is 32.2. The molecule has 0 amide bonds. The van der Waals surface area contributed by atoms with Gasteiger partial charge in [-0.25, -0.2) is 22.2 Å². The Kier molecular flexibility index (Phi) is 7.41. The Morgan fingerprint density at radius 2 is 1.83 bits per heavy atom. The first-order valence-corrected chi connectivity index (χ1v) is 14.2. The van der Waals surface area contributed by atoms with Crippen LogP contribution in [-0.2, 0) is 25.8 Å². The summed E-state index contributed by atoms with van der Waals surface area (Å²) < 4.78 is 65.3. The van der Waals surface area contributed by atoms with Gasteiger partial charge in [0, 0.05) is 41.4 Å². The van der Waals surface area contributed by atoms with Crippen LogP contribution in [0.4, 0.5) is 8.78 Å². The van der Waals surface area contributed by atoms with Crippen LogP contribution < -0.4 is 4.74 Å². The molecule has 0 fully saturated rings. The van der Waals surface area contributed by atoms with Crippen molar-refractivity contribution in [2.45, 2.75) is 17.7 Å². The van der Waals surface area contributed by atoms with Gasteiger partial charge in [0.15, 0.2) is 21.4 Å². The maximum atomic E-state index is 15.0. The van der Waals surface area contributed by atoms with Gasteiger partial charge in [0.25, 0.3) is 0 Å². The summed E-state index contributed by atoms with van der Waals surface area (Å²) >= 11 is 0. The zero-order chi connectivity index (χ0) is 29.3. The Morgan fingerprint density at radius 3 is 2.59 bits per heavy atom. The lowest BCUT2D eigenvalue weighted by atomic mass is 10.0. The third kappa shape index (κ3) is 5.73. The van der Waals surface area contributed by atoms with Crippen molar-refractivity contribution in [3.63, 3.8) is 0 Å². The van der Waals surface area contributed by atoms with E-state index in [1.165, 1.54) is 37.7 Å². The lowest BCUT2D eigenvalue weighted by Gasteiger charge is -2.13. The molecule has 0 saturated carbocycles. The fourth-order valence-electron chi connectivity index (χ4n) is 4.40. The number of hydrogen-bond donors (Lipinski definition) is 2. The number of aromatic nitrogens is 3. The molecule has 0 atom stereocenters. The molecule has 2 heterocycles. The number of ketones is 1. The van der Waals surface area contributed by atoms with E-state index in [1.54, 1.807) is 24.3 Å². The predicted octanol–water partition coefficient (Wildman–Crippen LogP) is 5.37. The van der Waals surface area contributed by atoms with E-state index in [2.05, 4.69) is 19.7 Å². The molecule has 0 saturated heterocycles. The molecule has 2 aromatic heterocycles.